The fourth-order valence-corrected chi connectivity index (χ4v) is 1.13. The number of phenols is 1. The van der Waals surface area contributed by atoms with E-state index in [0.717, 1.165) is 6.29 Å². The Hall–Kier alpha value is -1.51. The summed E-state index contributed by atoms with van der Waals surface area (Å²) in [7, 11) is 3.56. The molecule has 1 aromatic carbocycles. The van der Waals surface area contributed by atoms with E-state index in [9.17, 15) is 9.90 Å². The second-order valence-electron chi connectivity index (χ2n) is 2.73. The molecule has 3 heteroatoms. The van der Waals surface area contributed by atoms with Crippen LogP contribution in [0.3, 0.4) is 0 Å². The van der Waals surface area contributed by atoms with Gasteiger partial charge < -0.3 is 10.0 Å². The van der Waals surface area contributed by atoms with Gasteiger partial charge in [-0.2, -0.15) is 0 Å². The van der Waals surface area contributed by atoms with Crippen LogP contribution in [0.2, 0.25) is 0 Å². The van der Waals surface area contributed by atoms with Crippen molar-refractivity contribution in [1.82, 2.24) is 0 Å². The zero-order chi connectivity index (χ0) is 9.14. The number of rotatable bonds is 2. The lowest BCUT2D eigenvalue weighted by Crippen LogP contribution is -2.11. The summed E-state index contributed by atoms with van der Waals surface area (Å²) in [6.07, 6.45) is 0.731. The summed E-state index contributed by atoms with van der Waals surface area (Å²) in [6.45, 7) is 0. The summed E-state index contributed by atoms with van der Waals surface area (Å²) >= 11 is 0. The minimum absolute atomic E-state index is 0.129. The van der Waals surface area contributed by atoms with E-state index in [1.165, 1.54) is 0 Å². The van der Waals surface area contributed by atoms with Crippen LogP contribution in [0.15, 0.2) is 18.2 Å². The summed E-state index contributed by atoms with van der Waals surface area (Å²) in [5, 5.41) is 9.39. The Kier molecular flexibility index (Phi) is 2.33. The summed E-state index contributed by atoms with van der Waals surface area (Å²) in [5.41, 5.74) is 1.06. The van der Waals surface area contributed by atoms with E-state index in [0.29, 0.717) is 11.3 Å². The molecule has 0 radical (unpaired) electrons. The van der Waals surface area contributed by atoms with E-state index in [2.05, 4.69) is 0 Å². The summed E-state index contributed by atoms with van der Waals surface area (Å²) < 4.78 is 0. The molecule has 1 rings (SSSR count). The molecule has 0 fully saturated rings. The van der Waals surface area contributed by atoms with Crippen LogP contribution in [0.1, 0.15) is 10.4 Å². The molecule has 0 heterocycles. The number of anilines is 1. The lowest BCUT2D eigenvalue weighted by Gasteiger charge is -2.15. The highest BCUT2D eigenvalue weighted by Gasteiger charge is 2.07. The van der Waals surface area contributed by atoms with Gasteiger partial charge in [-0.05, 0) is 12.1 Å². The van der Waals surface area contributed by atoms with Crippen LogP contribution in [0.25, 0.3) is 0 Å². The standard InChI is InChI=1S/C9H11NO2/c1-10(2)9-7(6-11)4-3-5-8(9)12/h3-6,12H,1-2H3. The third-order valence-corrected chi connectivity index (χ3v) is 1.62. The molecule has 1 aromatic rings. The van der Waals surface area contributed by atoms with Crippen LogP contribution in [-0.4, -0.2) is 25.5 Å². The summed E-state index contributed by atoms with van der Waals surface area (Å²) in [4.78, 5) is 12.3. The minimum Gasteiger partial charge on any atom is -0.506 e. The smallest absolute Gasteiger partial charge is 0.152 e. The SMILES string of the molecule is CN(C)c1c(O)cccc1C=O. The molecule has 1 N–H and O–H groups in total. The minimum atomic E-state index is 0.129. The first-order chi connectivity index (χ1) is 5.66. The van der Waals surface area contributed by atoms with Crippen molar-refractivity contribution in [2.45, 2.75) is 0 Å². The van der Waals surface area contributed by atoms with Crippen molar-refractivity contribution < 1.29 is 9.90 Å². The van der Waals surface area contributed by atoms with Gasteiger partial charge >= 0.3 is 0 Å². The molecule has 0 aliphatic rings. The molecule has 3 nitrogen and oxygen atoms in total. The zero-order valence-corrected chi connectivity index (χ0v) is 7.11. The third-order valence-electron chi connectivity index (χ3n) is 1.62. The van der Waals surface area contributed by atoms with Crippen LogP contribution in [0.5, 0.6) is 5.75 Å². The molecule has 0 aliphatic heterocycles. The van der Waals surface area contributed by atoms with E-state index < -0.39 is 0 Å². The maximum atomic E-state index is 10.5. The predicted molar refractivity (Wildman–Crippen MR) is 47.8 cm³/mol. The van der Waals surface area contributed by atoms with Crippen LogP contribution >= 0.6 is 0 Å². The molecular formula is C9H11NO2. The van der Waals surface area contributed by atoms with Gasteiger partial charge in [0.1, 0.15) is 5.75 Å². The molecule has 0 bridgehead atoms. The van der Waals surface area contributed by atoms with Crippen molar-refractivity contribution in [3.8, 4) is 5.75 Å². The number of hydrogen-bond acceptors (Lipinski definition) is 3. The Morgan fingerprint density at radius 2 is 2.08 bits per heavy atom. The number of aromatic hydroxyl groups is 1. The second kappa shape index (κ2) is 3.26. The monoisotopic (exact) mass is 165 g/mol. The third kappa shape index (κ3) is 1.39. The molecule has 0 aromatic heterocycles. The van der Waals surface area contributed by atoms with Gasteiger partial charge in [0.05, 0.1) is 5.69 Å². The molecule has 0 atom stereocenters. The van der Waals surface area contributed by atoms with Gasteiger partial charge in [0.25, 0.3) is 0 Å². The van der Waals surface area contributed by atoms with Gasteiger partial charge in [-0.25, -0.2) is 0 Å². The van der Waals surface area contributed by atoms with Crippen molar-refractivity contribution in [2.75, 3.05) is 19.0 Å². The lowest BCUT2D eigenvalue weighted by atomic mass is 10.1. The number of hydrogen-bond donors (Lipinski definition) is 1. The molecule has 0 saturated heterocycles. The van der Waals surface area contributed by atoms with Gasteiger partial charge in [-0.3, -0.25) is 4.79 Å². The average Bonchev–Trinajstić information content (AvgIpc) is 2.03. The largest absolute Gasteiger partial charge is 0.506 e. The first-order valence-electron chi connectivity index (χ1n) is 3.61. The molecule has 0 amide bonds. The highest BCUT2D eigenvalue weighted by molar-refractivity contribution is 5.87. The highest BCUT2D eigenvalue weighted by atomic mass is 16.3. The maximum absolute atomic E-state index is 10.5. The van der Waals surface area contributed by atoms with Gasteiger partial charge in [-0.15, -0.1) is 0 Å². The summed E-state index contributed by atoms with van der Waals surface area (Å²) in [6, 6.07) is 4.87. The van der Waals surface area contributed by atoms with E-state index >= 15 is 0 Å². The molecule has 0 unspecified atom stereocenters. The van der Waals surface area contributed by atoms with Gasteiger partial charge in [-0.1, -0.05) is 6.07 Å². The van der Waals surface area contributed by atoms with Crippen molar-refractivity contribution in [1.29, 1.82) is 0 Å². The quantitative estimate of drug-likeness (QED) is 0.671. The number of carbonyl (C=O) groups is 1. The molecule has 0 saturated carbocycles. The van der Waals surface area contributed by atoms with Crippen molar-refractivity contribution in [3.63, 3.8) is 0 Å². The van der Waals surface area contributed by atoms with E-state index in [-0.39, 0.29) is 5.75 Å². The Labute approximate surface area is 71.2 Å². The van der Waals surface area contributed by atoms with E-state index in [1.54, 1.807) is 37.2 Å². The number of nitrogens with zero attached hydrogens (tertiary/aromatic N) is 1. The second-order valence-corrected chi connectivity index (χ2v) is 2.73. The Morgan fingerprint density at radius 1 is 1.42 bits per heavy atom. The Bertz CT molecular complexity index is 295. The van der Waals surface area contributed by atoms with Gasteiger partial charge in [0.15, 0.2) is 6.29 Å². The van der Waals surface area contributed by atoms with E-state index in [4.69, 9.17) is 0 Å². The molecule has 64 valence electrons. The first kappa shape index (κ1) is 8.59. The van der Waals surface area contributed by atoms with Crippen LogP contribution in [0.4, 0.5) is 5.69 Å². The van der Waals surface area contributed by atoms with Crippen LogP contribution in [-0.2, 0) is 0 Å². The molecule has 12 heavy (non-hydrogen) atoms. The normalized spacial score (nSPS) is 9.50. The number of carbonyl (C=O) groups excluding carboxylic acids is 1. The average molecular weight is 165 g/mol. The number of phenolic OH excluding ortho intramolecular Hbond substituents is 1. The number of aldehydes is 1. The lowest BCUT2D eigenvalue weighted by molar-refractivity contribution is 0.112. The molecular weight excluding hydrogens is 154 g/mol. The fraction of sp³-hybridized carbons (Fsp3) is 0.222. The highest BCUT2D eigenvalue weighted by Crippen LogP contribution is 2.27. The summed E-state index contributed by atoms with van der Waals surface area (Å²) in [5.74, 6) is 0.129. The van der Waals surface area contributed by atoms with E-state index in [1.807, 2.05) is 0 Å². The zero-order valence-electron chi connectivity index (χ0n) is 7.11. The topological polar surface area (TPSA) is 40.5 Å². The molecule has 0 aliphatic carbocycles. The van der Waals surface area contributed by atoms with Crippen molar-refractivity contribution >= 4 is 12.0 Å². The Morgan fingerprint density at radius 3 is 2.50 bits per heavy atom. The van der Waals surface area contributed by atoms with Crippen molar-refractivity contribution in [2.24, 2.45) is 0 Å². The van der Waals surface area contributed by atoms with Gasteiger partial charge in [0.2, 0.25) is 0 Å². The fourth-order valence-electron chi connectivity index (χ4n) is 1.13. The van der Waals surface area contributed by atoms with Crippen LogP contribution in [0, 0.1) is 0 Å². The first-order valence-corrected chi connectivity index (χ1v) is 3.61. The number of para-hydroxylation sites is 1. The van der Waals surface area contributed by atoms with Crippen LogP contribution < -0.4 is 4.90 Å². The van der Waals surface area contributed by atoms with Crippen molar-refractivity contribution in [3.05, 3.63) is 23.8 Å². The Balaban J connectivity index is 3.29. The molecule has 0 spiro atoms. The maximum Gasteiger partial charge on any atom is 0.152 e. The van der Waals surface area contributed by atoms with Gasteiger partial charge in [0, 0.05) is 19.7 Å². The predicted octanol–water partition coefficient (Wildman–Crippen LogP) is 1.27. The number of benzene rings is 1.